The van der Waals surface area contributed by atoms with Crippen LogP contribution in [0.5, 0.6) is 0 Å². The molecule has 1 aliphatic heterocycles. The summed E-state index contributed by atoms with van der Waals surface area (Å²) >= 11 is 0. The largest absolute Gasteiger partial charge is 0.380 e. The van der Waals surface area contributed by atoms with E-state index in [4.69, 9.17) is 4.74 Å². The first-order valence-electron chi connectivity index (χ1n) is 11.1. The van der Waals surface area contributed by atoms with E-state index in [0.29, 0.717) is 22.4 Å². The molecule has 2 heterocycles. The summed E-state index contributed by atoms with van der Waals surface area (Å²) in [6, 6.07) is 10.1. The predicted octanol–water partition coefficient (Wildman–Crippen LogP) is 3.01. The molecule has 3 aromatic rings. The molecule has 2 atom stereocenters. The Morgan fingerprint density at radius 1 is 1.30 bits per heavy atom. The Balaban J connectivity index is 1.57. The number of aromatic nitrogens is 4. The van der Waals surface area contributed by atoms with Crippen LogP contribution < -0.4 is 5.32 Å². The number of hydrogen-bond acceptors (Lipinski definition) is 6. The van der Waals surface area contributed by atoms with Crippen molar-refractivity contribution in [2.75, 3.05) is 26.7 Å². The second-order valence-corrected chi connectivity index (χ2v) is 8.64. The maximum Gasteiger partial charge on any atom is 0.251 e. The predicted molar refractivity (Wildman–Crippen MR) is 123 cm³/mol. The molecule has 0 spiro atoms. The summed E-state index contributed by atoms with van der Waals surface area (Å²) in [6.45, 7) is 6.41. The molecule has 1 fully saturated rings. The number of piperidine rings is 1. The Bertz CT molecular complexity index is 1100. The molecule has 0 aliphatic carbocycles. The Morgan fingerprint density at radius 3 is 2.88 bits per heavy atom. The molecule has 1 aliphatic rings. The number of aryl methyl sites for hydroxylation is 1. The summed E-state index contributed by atoms with van der Waals surface area (Å²) in [6.07, 6.45) is 3.83. The molecule has 0 saturated carbocycles. The second kappa shape index (κ2) is 10.2. The average Bonchev–Trinajstić information content (AvgIpc) is 3.34. The lowest BCUT2D eigenvalue weighted by Crippen LogP contribution is -2.47. The molecule has 4 rings (SSSR count). The third kappa shape index (κ3) is 5.61. The molecule has 0 bridgehead atoms. The minimum absolute atomic E-state index is 0.0654. The van der Waals surface area contributed by atoms with Gasteiger partial charge in [-0.2, -0.15) is 0 Å². The Kier molecular flexibility index (Phi) is 7.10. The molecule has 2 unspecified atom stereocenters. The van der Waals surface area contributed by atoms with Gasteiger partial charge in [-0.3, -0.25) is 9.69 Å². The number of hydrogen-bond donors (Lipinski definition) is 1. The standard InChI is InChI=1S/C24H29FN6O2/c1-16-6-7-22(23(25)9-16)18-10-19(12-20(11-18)31-15-26-28-29-31)24(32)27-17(2)13-30-8-4-5-21(14-30)33-3/h6-7,9-12,15,17,21H,4-5,8,13-14H2,1-3H3,(H,27,32). The van der Waals surface area contributed by atoms with Crippen molar-refractivity contribution in [3.63, 3.8) is 0 Å². The number of carbonyl (C=O) groups excluding carboxylic acids is 1. The molecule has 174 valence electrons. The summed E-state index contributed by atoms with van der Waals surface area (Å²) in [5, 5.41) is 14.3. The first-order valence-corrected chi connectivity index (χ1v) is 11.1. The number of nitrogens with one attached hydrogen (secondary N) is 1. The first-order chi connectivity index (χ1) is 15.9. The summed E-state index contributed by atoms with van der Waals surface area (Å²) < 4.78 is 21.7. The van der Waals surface area contributed by atoms with Gasteiger partial charge in [-0.15, -0.1) is 5.10 Å². The van der Waals surface area contributed by atoms with Crippen LogP contribution in [0.15, 0.2) is 42.7 Å². The van der Waals surface area contributed by atoms with Gasteiger partial charge in [0.05, 0.1) is 11.8 Å². The topological polar surface area (TPSA) is 85.2 Å². The van der Waals surface area contributed by atoms with Crippen molar-refractivity contribution in [3.05, 3.63) is 59.7 Å². The van der Waals surface area contributed by atoms with E-state index in [1.807, 2.05) is 19.9 Å². The van der Waals surface area contributed by atoms with Crippen LogP contribution in [0.25, 0.3) is 16.8 Å². The molecule has 1 aromatic heterocycles. The molecule has 1 amide bonds. The van der Waals surface area contributed by atoms with Gasteiger partial charge in [-0.05, 0) is 79.1 Å². The highest BCUT2D eigenvalue weighted by molar-refractivity contribution is 5.96. The van der Waals surface area contributed by atoms with Gasteiger partial charge in [0, 0.05) is 37.4 Å². The molecular weight excluding hydrogens is 423 g/mol. The number of carbonyl (C=O) groups is 1. The van der Waals surface area contributed by atoms with Crippen molar-refractivity contribution in [3.8, 4) is 16.8 Å². The molecule has 1 N–H and O–H groups in total. The quantitative estimate of drug-likeness (QED) is 0.593. The number of tetrazole rings is 1. The van der Waals surface area contributed by atoms with E-state index in [2.05, 4.69) is 25.7 Å². The van der Waals surface area contributed by atoms with E-state index in [1.165, 1.54) is 17.1 Å². The fourth-order valence-electron chi connectivity index (χ4n) is 4.28. The van der Waals surface area contributed by atoms with Crippen LogP contribution in [0.4, 0.5) is 4.39 Å². The highest BCUT2D eigenvalue weighted by Gasteiger charge is 2.22. The molecule has 9 heteroatoms. The van der Waals surface area contributed by atoms with E-state index in [0.717, 1.165) is 38.0 Å². The lowest BCUT2D eigenvalue weighted by molar-refractivity contribution is 0.0287. The number of halogens is 1. The Labute approximate surface area is 192 Å². The van der Waals surface area contributed by atoms with Gasteiger partial charge >= 0.3 is 0 Å². The summed E-state index contributed by atoms with van der Waals surface area (Å²) in [5.41, 5.74) is 2.81. The smallest absolute Gasteiger partial charge is 0.251 e. The van der Waals surface area contributed by atoms with Gasteiger partial charge in [0.25, 0.3) is 5.91 Å². The normalized spacial score (nSPS) is 17.6. The van der Waals surface area contributed by atoms with Crippen LogP contribution in [-0.2, 0) is 4.74 Å². The molecular formula is C24H29FN6O2. The van der Waals surface area contributed by atoms with E-state index in [9.17, 15) is 9.18 Å². The zero-order chi connectivity index (χ0) is 23.4. The maximum atomic E-state index is 14.7. The van der Waals surface area contributed by atoms with Crippen molar-refractivity contribution in [1.29, 1.82) is 0 Å². The minimum atomic E-state index is -0.346. The van der Waals surface area contributed by atoms with Crippen LogP contribution in [0, 0.1) is 12.7 Å². The first kappa shape index (κ1) is 23.0. The Hall–Kier alpha value is -3.17. The van der Waals surface area contributed by atoms with Crippen molar-refractivity contribution in [2.24, 2.45) is 0 Å². The molecule has 1 saturated heterocycles. The van der Waals surface area contributed by atoms with Crippen LogP contribution in [0.3, 0.4) is 0 Å². The molecule has 2 aromatic carbocycles. The van der Waals surface area contributed by atoms with Crippen LogP contribution in [-0.4, -0.2) is 69.9 Å². The van der Waals surface area contributed by atoms with Gasteiger partial charge in [-0.1, -0.05) is 12.1 Å². The van der Waals surface area contributed by atoms with Crippen molar-refractivity contribution in [1.82, 2.24) is 30.4 Å². The highest BCUT2D eigenvalue weighted by atomic mass is 19.1. The molecule has 33 heavy (non-hydrogen) atoms. The SMILES string of the molecule is COC1CCCN(CC(C)NC(=O)c2cc(-c3ccc(C)cc3F)cc(-n3cnnn3)c2)C1. The van der Waals surface area contributed by atoms with E-state index in [-0.39, 0.29) is 23.9 Å². The van der Waals surface area contributed by atoms with Gasteiger partial charge < -0.3 is 10.1 Å². The fraction of sp³-hybridized carbons (Fsp3) is 0.417. The van der Waals surface area contributed by atoms with Crippen LogP contribution >= 0.6 is 0 Å². The zero-order valence-electron chi connectivity index (χ0n) is 19.2. The summed E-state index contributed by atoms with van der Waals surface area (Å²) in [7, 11) is 1.74. The van der Waals surface area contributed by atoms with Crippen LogP contribution in [0.2, 0.25) is 0 Å². The number of amides is 1. The number of likely N-dealkylation sites (tertiary alicyclic amines) is 1. The maximum absolute atomic E-state index is 14.7. The Morgan fingerprint density at radius 2 is 2.15 bits per heavy atom. The van der Waals surface area contributed by atoms with Crippen molar-refractivity contribution < 1.29 is 13.9 Å². The van der Waals surface area contributed by atoms with E-state index >= 15 is 0 Å². The lowest BCUT2D eigenvalue weighted by Gasteiger charge is -2.33. The minimum Gasteiger partial charge on any atom is -0.380 e. The zero-order valence-corrected chi connectivity index (χ0v) is 19.2. The van der Waals surface area contributed by atoms with Gasteiger partial charge in [0.2, 0.25) is 0 Å². The highest BCUT2D eigenvalue weighted by Crippen LogP contribution is 2.27. The van der Waals surface area contributed by atoms with Crippen molar-refractivity contribution >= 4 is 5.91 Å². The number of ether oxygens (including phenoxy) is 1. The number of nitrogens with zero attached hydrogens (tertiary/aromatic N) is 5. The summed E-state index contributed by atoms with van der Waals surface area (Å²) in [5.74, 6) is -0.576. The summed E-state index contributed by atoms with van der Waals surface area (Å²) in [4.78, 5) is 15.5. The van der Waals surface area contributed by atoms with Gasteiger partial charge in [0.15, 0.2) is 0 Å². The number of rotatable bonds is 7. The third-order valence-corrected chi connectivity index (χ3v) is 5.93. The third-order valence-electron chi connectivity index (χ3n) is 5.93. The number of benzene rings is 2. The fourth-order valence-corrected chi connectivity index (χ4v) is 4.28. The lowest BCUT2D eigenvalue weighted by atomic mass is 9.99. The second-order valence-electron chi connectivity index (χ2n) is 8.64. The number of methoxy groups -OCH3 is 1. The monoisotopic (exact) mass is 452 g/mol. The van der Waals surface area contributed by atoms with E-state index < -0.39 is 0 Å². The van der Waals surface area contributed by atoms with Gasteiger partial charge in [0.1, 0.15) is 12.1 Å². The average molecular weight is 453 g/mol. The van der Waals surface area contributed by atoms with Crippen LogP contribution in [0.1, 0.15) is 35.7 Å². The molecule has 8 nitrogen and oxygen atoms in total. The van der Waals surface area contributed by atoms with E-state index in [1.54, 1.807) is 31.4 Å². The molecule has 0 radical (unpaired) electrons. The van der Waals surface area contributed by atoms with Gasteiger partial charge in [-0.25, -0.2) is 9.07 Å². The van der Waals surface area contributed by atoms with Crippen molar-refractivity contribution in [2.45, 2.75) is 38.8 Å².